The number of rotatable bonds is 3. The predicted molar refractivity (Wildman–Crippen MR) is 78.5 cm³/mol. The minimum atomic E-state index is -3.85. The van der Waals surface area contributed by atoms with Crippen LogP contribution in [0.15, 0.2) is 41.3 Å². The van der Waals surface area contributed by atoms with Crippen molar-refractivity contribution in [1.82, 2.24) is 0 Å². The van der Waals surface area contributed by atoms with E-state index in [4.69, 9.17) is 28.5 Å². The molecule has 108 valence electrons. The Bertz CT molecular complexity index is 845. The SMILES string of the molecule is N#Cc1ccc(CS(=O)(=O)c2cc(Cl)ccc2Cl)c(F)c1. The Labute approximate surface area is 131 Å². The second kappa shape index (κ2) is 6.02. The highest BCUT2D eigenvalue weighted by Gasteiger charge is 2.21. The number of benzene rings is 2. The van der Waals surface area contributed by atoms with E-state index in [2.05, 4.69) is 0 Å². The van der Waals surface area contributed by atoms with Gasteiger partial charge in [-0.2, -0.15) is 5.26 Å². The molecule has 0 amide bonds. The maximum absolute atomic E-state index is 13.8. The van der Waals surface area contributed by atoms with Crippen LogP contribution in [-0.2, 0) is 15.6 Å². The summed E-state index contributed by atoms with van der Waals surface area (Å²) in [6, 6.07) is 9.44. The highest BCUT2D eigenvalue weighted by molar-refractivity contribution is 7.90. The summed E-state index contributed by atoms with van der Waals surface area (Å²) in [6.07, 6.45) is 0. The van der Waals surface area contributed by atoms with Gasteiger partial charge in [0.05, 0.1) is 27.3 Å². The third kappa shape index (κ3) is 3.53. The first-order valence-corrected chi connectivity index (χ1v) is 8.10. The van der Waals surface area contributed by atoms with E-state index in [1.54, 1.807) is 6.07 Å². The van der Waals surface area contributed by atoms with Gasteiger partial charge in [0.1, 0.15) is 5.82 Å². The molecule has 0 atom stereocenters. The van der Waals surface area contributed by atoms with Crippen molar-refractivity contribution in [2.45, 2.75) is 10.6 Å². The van der Waals surface area contributed by atoms with Gasteiger partial charge in [0.2, 0.25) is 0 Å². The first-order chi connectivity index (χ1) is 9.83. The van der Waals surface area contributed by atoms with E-state index in [1.807, 2.05) is 0 Å². The lowest BCUT2D eigenvalue weighted by Gasteiger charge is -2.08. The lowest BCUT2D eigenvalue weighted by Crippen LogP contribution is -2.07. The van der Waals surface area contributed by atoms with E-state index in [0.29, 0.717) is 0 Å². The molecule has 3 nitrogen and oxygen atoms in total. The van der Waals surface area contributed by atoms with Gasteiger partial charge in [-0.3, -0.25) is 0 Å². The van der Waals surface area contributed by atoms with Crippen LogP contribution in [0, 0.1) is 17.1 Å². The third-order valence-electron chi connectivity index (χ3n) is 2.76. The fourth-order valence-corrected chi connectivity index (χ4v) is 3.91. The minimum Gasteiger partial charge on any atom is -0.223 e. The fourth-order valence-electron chi connectivity index (χ4n) is 1.73. The van der Waals surface area contributed by atoms with E-state index in [9.17, 15) is 12.8 Å². The molecule has 7 heteroatoms. The normalized spacial score (nSPS) is 11.1. The number of sulfone groups is 1. The number of nitriles is 1. The first-order valence-electron chi connectivity index (χ1n) is 5.70. The molecule has 0 saturated carbocycles. The summed E-state index contributed by atoms with van der Waals surface area (Å²) >= 11 is 11.6. The zero-order chi connectivity index (χ0) is 15.6. The quantitative estimate of drug-likeness (QED) is 0.846. The first kappa shape index (κ1) is 15.8. The van der Waals surface area contributed by atoms with Crippen molar-refractivity contribution in [2.75, 3.05) is 0 Å². The average molecular weight is 344 g/mol. The number of halogens is 3. The van der Waals surface area contributed by atoms with Gasteiger partial charge in [0.25, 0.3) is 0 Å². The van der Waals surface area contributed by atoms with Crippen LogP contribution < -0.4 is 0 Å². The smallest absolute Gasteiger partial charge is 0.184 e. The van der Waals surface area contributed by atoms with Crippen LogP contribution >= 0.6 is 23.2 Å². The lowest BCUT2D eigenvalue weighted by molar-refractivity contribution is 0.587. The average Bonchev–Trinajstić information content (AvgIpc) is 2.43. The van der Waals surface area contributed by atoms with Crippen molar-refractivity contribution < 1.29 is 12.8 Å². The maximum Gasteiger partial charge on any atom is 0.184 e. The van der Waals surface area contributed by atoms with Crippen molar-refractivity contribution in [3.05, 3.63) is 63.4 Å². The Hall–Kier alpha value is -1.61. The van der Waals surface area contributed by atoms with E-state index in [1.165, 1.54) is 30.3 Å². The minimum absolute atomic E-state index is 0.0217. The molecule has 0 N–H and O–H groups in total. The Morgan fingerprint density at radius 2 is 1.86 bits per heavy atom. The standard InChI is InChI=1S/C14H8Cl2FNO2S/c15-11-3-4-12(16)14(6-11)21(19,20)8-10-2-1-9(7-18)5-13(10)17/h1-6H,8H2. The molecule has 0 aliphatic rings. The second-order valence-electron chi connectivity index (χ2n) is 4.25. The molecule has 21 heavy (non-hydrogen) atoms. The molecule has 0 heterocycles. The van der Waals surface area contributed by atoms with Crippen molar-refractivity contribution in [3.8, 4) is 6.07 Å². The predicted octanol–water partition coefficient (Wildman–Crippen LogP) is 3.98. The van der Waals surface area contributed by atoms with Crippen LogP contribution in [-0.4, -0.2) is 8.42 Å². The zero-order valence-electron chi connectivity index (χ0n) is 10.5. The van der Waals surface area contributed by atoms with Gasteiger partial charge >= 0.3 is 0 Å². The Kier molecular flexibility index (Phi) is 4.52. The molecule has 0 fully saturated rings. The summed E-state index contributed by atoms with van der Waals surface area (Å²) in [6.45, 7) is 0. The molecule has 0 bridgehead atoms. The van der Waals surface area contributed by atoms with E-state index in [-0.39, 0.29) is 26.1 Å². The van der Waals surface area contributed by atoms with Crippen molar-refractivity contribution in [3.63, 3.8) is 0 Å². The maximum atomic E-state index is 13.8. The van der Waals surface area contributed by atoms with Gasteiger partial charge in [-0.05, 0) is 30.3 Å². The highest BCUT2D eigenvalue weighted by atomic mass is 35.5. The molecule has 0 saturated heterocycles. The summed E-state index contributed by atoms with van der Waals surface area (Å²) in [4.78, 5) is -0.152. The topological polar surface area (TPSA) is 57.9 Å². The van der Waals surface area contributed by atoms with Crippen LogP contribution in [0.25, 0.3) is 0 Å². The summed E-state index contributed by atoms with van der Waals surface area (Å²) in [5, 5.41) is 8.91. The van der Waals surface area contributed by atoms with E-state index < -0.39 is 21.4 Å². The van der Waals surface area contributed by atoms with Crippen molar-refractivity contribution in [2.24, 2.45) is 0 Å². The largest absolute Gasteiger partial charge is 0.223 e. The van der Waals surface area contributed by atoms with Gasteiger partial charge in [-0.1, -0.05) is 29.3 Å². The van der Waals surface area contributed by atoms with Gasteiger partial charge in [0.15, 0.2) is 9.84 Å². The van der Waals surface area contributed by atoms with Crippen LogP contribution in [0.2, 0.25) is 10.0 Å². The number of hydrogen-bond donors (Lipinski definition) is 0. The van der Waals surface area contributed by atoms with Crippen LogP contribution in [0.3, 0.4) is 0 Å². The van der Waals surface area contributed by atoms with Crippen molar-refractivity contribution >= 4 is 33.0 Å². The van der Waals surface area contributed by atoms with Crippen LogP contribution in [0.5, 0.6) is 0 Å². The molecule has 2 aromatic carbocycles. The molecule has 0 aliphatic carbocycles. The number of hydrogen-bond acceptors (Lipinski definition) is 3. The highest BCUT2D eigenvalue weighted by Crippen LogP contribution is 2.28. The zero-order valence-corrected chi connectivity index (χ0v) is 12.8. The molecular formula is C14H8Cl2FNO2S. The second-order valence-corrected chi connectivity index (χ2v) is 7.05. The van der Waals surface area contributed by atoms with Gasteiger partial charge < -0.3 is 0 Å². The number of nitrogens with zero attached hydrogens (tertiary/aromatic N) is 1. The lowest BCUT2D eigenvalue weighted by atomic mass is 10.1. The summed E-state index contributed by atoms with van der Waals surface area (Å²) in [7, 11) is -3.85. The van der Waals surface area contributed by atoms with Crippen LogP contribution in [0.1, 0.15) is 11.1 Å². The summed E-state index contributed by atoms with van der Waals surface area (Å²) in [5.74, 6) is -1.32. The summed E-state index contributed by atoms with van der Waals surface area (Å²) < 4.78 is 38.4. The van der Waals surface area contributed by atoms with Gasteiger partial charge in [-0.15, -0.1) is 0 Å². The fraction of sp³-hybridized carbons (Fsp3) is 0.0714. The van der Waals surface area contributed by atoms with Crippen LogP contribution in [0.4, 0.5) is 4.39 Å². The van der Waals surface area contributed by atoms with Gasteiger partial charge in [-0.25, -0.2) is 12.8 Å². The third-order valence-corrected chi connectivity index (χ3v) is 5.13. The Morgan fingerprint density at radius 3 is 2.48 bits per heavy atom. The molecule has 0 spiro atoms. The molecule has 0 aromatic heterocycles. The molecule has 0 radical (unpaired) electrons. The monoisotopic (exact) mass is 343 g/mol. The molecule has 2 aromatic rings. The molecule has 0 aliphatic heterocycles. The summed E-state index contributed by atoms with van der Waals surface area (Å²) in [5.41, 5.74) is 0.0829. The van der Waals surface area contributed by atoms with E-state index in [0.717, 1.165) is 6.07 Å². The Balaban J connectivity index is 2.43. The molecular weight excluding hydrogens is 336 g/mol. The Morgan fingerprint density at radius 1 is 1.14 bits per heavy atom. The van der Waals surface area contributed by atoms with E-state index >= 15 is 0 Å². The molecule has 0 unspecified atom stereocenters. The molecule has 2 rings (SSSR count). The van der Waals surface area contributed by atoms with Gasteiger partial charge in [0, 0.05) is 10.6 Å². The van der Waals surface area contributed by atoms with Crippen molar-refractivity contribution in [1.29, 1.82) is 5.26 Å².